The summed E-state index contributed by atoms with van der Waals surface area (Å²) in [6.07, 6.45) is -0.352. The van der Waals surface area contributed by atoms with Crippen molar-refractivity contribution in [3.8, 4) is 0 Å². The highest BCUT2D eigenvalue weighted by Gasteiger charge is 2.31. The van der Waals surface area contributed by atoms with E-state index >= 15 is 0 Å². The standard InChI is InChI=1S/C17H22N4O4/c1-10-7-11(2)19-16(18-10)14-8-21(5-6-24-14)17(22)15-13(9-23-4)12(3)25-20-15/h7,14H,5-6,8-9H2,1-4H3/t14-/m0/s1. The number of nitrogens with zero attached hydrogens (tertiary/aromatic N) is 4. The zero-order chi connectivity index (χ0) is 18.0. The lowest BCUT2D eigenvalue weighted by Gasteiger charge is -2.32. The first-order chi connectivity index (χ1) is 12.0. The van der Waals surface area contributed by atoms with Crippen LogP contribution in [0.1, 0.15) is 45.1 Å². The molecule has 25 heavy (non-hydrogen) atoms. The fourth-order valence-corrected chi connectivity index (χ4v) is 2.91. The van der Waals surface area contributed by atoms with Crippen molar-refractivity contribution in [2.24, 2.45) is 0 Å². The number of amides is 1. The molecule has 3 heterocycles. The fraction of sp³-hybridized carbons (Fsp3) is 0.529. The highest BCUT2D eigenvalue weighted by molar-refractivity contribution is 5.93. The van der Waals surface area contributed by atoms with Crippen LogP contribution >= 0.6 is 0 Å². The van der Waals surface area contributed by atoms with E-state index in [1.165, 1.54) is 0 Å². The van der Waals surface area contributed by atoms with E-state index in [4.69, 9.17) is 14.0 Å². The molecule has 0 aliphatic carbocycles. The van der Waals surface area contributed by atoms with Crippen LogP contribution in [0.3, 0.4) is 0 Å². The van der Waals surface area contributed by atoms with Crippen LogP contribution in [0.2, 0.25) is 0 Å². The Morgan fingerprint density at radius 3 is 2.72 bits per heavy atom. The van der Waals surface area contributed by atoms with Crippen molar-refractivity contribution in [3.05, 3.63) is 40.3 Å². The van der Waals surface area contributed by atoms with Gasteiger partial charge in [0.1, 0.15) is 11.9 Å². The lowest BCUT2D eigenvalue weighted by molar-refractivity contribution is -0.0273. The Bertz CT molecular complexity index is 754. The number of ether oxygens (including phenoxy) is 2. The lowest BCUT2D eigenvalue weighted by Crippen LogP contribution is -2.43. The molecule has 3 rings (SSSR count). The average Bonchev–Trinajstić information content (AvgIpc) is 2.95. The Morgan fingerprint density at radius 2 is 2.04 bits per heavy atom. The van der Waals surface area contributed by atoms with E-state index in [0.717, 1.165) is 11.4 Å². The molecule has 1 aliphatic heterocycles. The summed E-state index contributed by atoms with van der Waals surface area (Å²) in [5, 5.41) is 3.92. The van der Waals surface area contributed by atoms with Crippen LogP contribution in [0, 0.1) is 20.8 Å². The molecule has 0 radical (unpaired) electrons. The van der Waals surface area contributed by atoms with Crippen molar-refractivity contribution in [2.75, 3.05) is 26.8 Å². The SMILES string of the molecule is COCc1c(C(=O)N2CCO[C@H](c3nc(C)cc(C)n3)C2)noc1C. The maximum atomic E-state index is 12.9. The lowest BCUT2D eigenvalue weighted by atomic mass is 10.1. The number of hydrogen-bond acceptors (Lipinski definition) is 7. The molecule has 0 unspecified atom stereocenters. The highest BCUT2D eigenvalue weighted by atomic mass is 16.5. The molecule has 8 heteroatoms. The van der Waals surface area contributed by atoms with Crippen LogP contribution in [-0.4, -0.2) is 52.7 Å². The van der Waals surface area contributed by atoms with Crippen LogP contribution in [0.15, 0.2) is 10.6 Å². The summed E-state index contributed by atoms with van der Waals surface area (Å²) in [5.74, 6) is 0.998. The predicted octanol–water partition coefficient (Wildman–Crippen LogP) is 1.75. The molecule has 2 aromatic heterocycles. The summed E-state index contributed by atoms with van der Waals surface area (Å²) in [5.41, 5.74) is 2.73. The summed E-state index contributed by atoms with van der Waals surface area (Å²) in [4.78, 5) is 23.5. The molecule has 1 atom stereocenters. The van der Waals surface area contributed by atoms with Crippen molar-refractivity contribution < 1.29 is 18.8 Å². The molecule has 1 fully saturated rings. The zero-order valence-corrected chi connectivity index (χ0v) is 14.9. The van der Waals surface area contributed by atoms with E-state index < -0.39 is 0 Å². The first-order valence-electron chi connectivity index (χ1n) is 8.16. The molecule has 0 N–H and O–H groups in total. The van der Waals surface area contributed by atoms with Gasteiger partial charge in [-0.3, -0.25) is 4.79 Å². The van der Waals surface area contributed by atoms with Crippen molar-refractivity contribution in [1.29, 1.82) is 0 Å². The van der Waals surface area contributed by atoms with Crippen LogP contribution in [0.25, 0.3) is 0 Å². The topological polar surface area (TPSA) is 90.6 Å². The third-order valence-electron chi connectivity index (χ3n) is 4.12. The molecule has 2 aromatic rings. The van der Waals surface area contributed by atoms with Crippen LogP contribution in [0.4, 0.5) is 0 Å². The van der Waals surface area contributed by atoms with Gasteiger partial charge in [-0.15, -0.1) is 0 Å². The van der Waals surface area contributed by atoms with Gasteiger partial charge in [0.25, 0.3) is 5.91 Å². The third-order valence-corrected chi connectivity index (χ3v) is 4.12. The molecule has 1 amide bonds. The molecule has 0 spiro atoms. The van der Waals surface area contributed by atoms with Gasteiger partial charge in [-0.05, 0) is 26.8 Å². The van der Waals surface area contributed by atoms with Gasteiger partial charge in [-0.25, -0.2) is 9.97 Å². The van der Waals surface area contributed by atoms with Crippen LogP contribution in [-0.2, 0) is 16.1 Å². The van der Waals surface area contributed by atoms with Gasteiger partial charge in [-0.1, -0.05) is 5.16 Å². The van der Waals surface area contributed by atoms with E-state index in [0.29, 0.717) is 42.5 Å². The highest BCUT2D eigenvalue weighted by Crippen LogP contribution is 2.23. The monoisotopic (exact) mass is 346 g/mol. The minimum atomic E-state index is -0.352. The number of morpholine rings is 1. The number of aromatic nitrogens is 3. The maximum absolute atomic E-state index is 12.9. The molecule has 0 bridgehead atoms. The largest absolute Gasteiger partial charge is 0.380 e. The third kappa shape index (κ3) is 3.69. The molecule has 1 saturated heterocycles. The minimum Gasteiger partial charge on any atom is -0.380 e. The van der Waals surface area contributed by atoms with Gasteiger partial charge < -0.3 is 18.9 Å². The second-order valence-electron chi connectivity index (χ2n) is 6.12. The van der Waals surface area contributed by atoms with Gasteiger partial charge in [-0.2, -0.15) is 0 Å². The molecule has 1 aliphatic rings. The van der Waals surface area contributed by atoms with E-state index in [-0.39, 0.29) is 18.6 Å². The molecule has 0 aromatic carbocycles. The van der Waals surface area contributed by atoms with Crippen LogP contribution in [0.5, 0.6) is 0 Å². The summed E-state index contributed by atoms with van der Waals surface area (Å²) >= 11 is 0. The van der Waals surface area contributed by atoms with Crippen molar-refractivity contribution >= 4 is 5.91 Å². The first-order valence-corrected chi connectivity index (χ1v) is 8.16. The first kappa shape index (κ1) is 17.5. The van der Waals surface area contributed by atoms with E-state index in [2.05, 4.69) is 15.1 Å². The number of hydrogen-bond donors (Lipinski definition) is 0. The molecular formula is C17H22N4O4. The Balaban J connectivity index is 1.80. The molecule has 134 valence electrons. The Labute approximate surface area is 146 Å². The van der Waals surface area contributed by atoms with Crippen molar-refractivity contribution in [3.63, 3.8) is 0 Å². The average molecular weight is 346 g/mol. The zero-order valence-electron chi connectivity index (χ0n) is 14.9. The number of aryl methyl sites for hydroxylation is 3. The summed E-state index contributed by atoms with van der Waals surface area (Å²) < 4.78 is 16.1. The quantitative estimate of drug-likeness (QED) is 0.833. The number of carbonyl (C=O) groups excluding carboxylic acids is 1. The predicted molar refractivity (Wildman–Crippen MR) is 88.1 cm³/mol. The van der Waals surface area contributed by atoms with E-state index in [9.17, 15) is 4.79 Å². The second kappa shape index (κ2) is 7.28. The van der Waals surface area contributed by atoms with Crippen molar-refractivity contribution in [2.45, 2.75) is 33.5 Å². The Morgan fingerprint density at radius 1 is 1.32 bits per heavy atom. The van der Waals surface area contributed by atoms with Crippen LogP contribution < -0.4 is 0 Å². The molecule has 8 nitrogen and oxygen atoms in total. The van der Waals surface area contributed by atoms with Gasteiger partial charge in [0.15, 0.2) is 11.5 Å². The summed E-state index contributed by atoms with van der Waals surface area (Å²) in [6, 6.07) is 1.91. The van der Waals surface area contributed by atoms with E-state index in [1.54, 1.807) is 18.9 Å². The molecule has 0 saturated carbocycles. The van der Waals surface area contributed by atoms with Gasteiger partial charge in [0.05, 0.1) is 25.3 Å². The normalized spacial score (nSPS) is 17.8. The number of methoxy groups -OCH3 is 1. The van der Waals surface area contributed by atoms with Gasteiger partial charge >= 0.3 is 0 Å². The molecular weight excluding hydrogens is 324 g/mol. The van der Waals surface area contributed by atoms with Gasteiger partial charge in [0, 0.05) is 25.0 Å². The smallest absolute Gasteiger partial charge is 0.276 e. The Kier molecular flexibility index (Phi) is 5.10. The van der Waals surface area contributed by atoms with E-state index in [1.807, 2.05) is 19.9 Å². The number of rotatable bonds is 4. The minimum absolute atomic E-state index is 0.193. The van der Waals surface area contributed by atoms with Gasteiger partial charge in [0.2, 0.25) is 0 Å². The maximum Gasteiger partial charge on any atom is 0.276 e. The Hall–Kier alpha value is -2.32. The summed E-state index contributed by atoms with van der Waals surface area (Å²) in [7, 11) is 1.57. The van der Waals surface area contributed by atoms with Crippen molar-refractivity contribution in [1.82, 2.24) is 20.0 Å². The second-order valence-corrected chi connectivity index (χ2v) is 6.12. The fourth-order valence-electron chi connectivity index (χ4n) is 2.91. The number of carbonyl (C=O) groups is 1. The summed E-state index contributed by atoms with van der Waals surface area (Å²) in [6.45, 7) is 7.16.